The van der Waals surface area contributed by atoms with Crippen molar-refractivity contribution in [3.8, 4) is 0 Å². The van der Waals surface area contributed by atoms with Gasteiger partial charge in [0.05, 0.1) is 5.69 Å². The number of hydrogen-bond acceptors (Lipinski definition) is 3. The number of rotatable bonds is 6. The zero-order chi connectivity index (χ0) is 15.4. The second-order valence-electron chi connectivity index (χ2n) is 7.10. The molecule has 21 heavy (non-hydrogen) atoms. The van der Waals surface area contributed by atoms with Gasteiger partial charge in [-0.2, -0.15) is 5.10 Å². The molecule has 1 aliphatic heterocycles. The zero-order valence-corrected chi connectivity index (χ0v) is 14.3. The van der Waals surface area contributed by atoms with Crippen LogP contribution in [0.15, 0.2) is 12.3 Å². The predicted octanol–water partition coefficient (Wildman–Crippen LogP) is 2.65. The molecule has 1 saturated heterocycles. The highest BCUT2D eigenvalue weighted by molar-refractivity contribution is 5.01. The molecule has 4 nitrogen and oxygen atoms in total. The third kappa shape index (κ3) is 4.55. The van der Waals surface area contributed by atoms with Crippen LogP contribution in [0.3, 0.4) is 0 Å². The van der Waals surface area contributed by atoms with Gasteiger partial charge in [0, 0.05) is 45.0 Å². The summed E-state index contributed by atoms with van der Waals surface area (Å²) in [5.74, 6) is 1.47. The fraction of sp³-hybridized carbons (Fsp3) is 0.824. The van der Waals surface area contributed by atoms with E-state index in [1.54, 1.807) is 0 Å². The van der Waals surface area contributed by atoms with Crippen molar-refractivity contribution < 1.29 is 0 Å². The highest BCUT2D eigenvalue weighted by Crippen LogP contribution is 2.22. The minimum Gasteiger partial charge on any atom is -0.311 e. The lowest BCUT2D eigenvalue weighted by molar-refractivity contribution is 0.0774. The second kappa shape index (κ2) is 7.41. The molecule has 0 bridgehead atoms. The third-order valence-corrected chi connectivity index (χ3v) is 4.73. The SMILES string of the molecule is CCC(C)C1CNC(CC(C)C)CN1Cc1ccn(C)n1. The topological polar surface area (TPSA) is 33.1 Å². The quantitative estimate of drug-likeness (QED) is 0.875. The second-order valence-corrected chi connectivity index (χ2v) is 7.10. The lowest BCUT2D eigenvalue weighted by Crippen LogP contribution is -2.58. The summed E-state index contributed by atoms with van der Waals surface area (Å²) < 4.78 is 1.90. The molecular weight excluding hydrogens is 260 g/mol. The average molecular weight is 292 g/mol. The Bertz CT molecular complexity index is 426. The maximum absolute atomic E-state index is 4.56. The molecule has 1 fully saturated rings. The van der Waals surface area contributed by atoms with Gasteiger partial charge >= 0.3 is 0 Å². The Morgan fingerprint density at radius 2 is 2.14 bits per heavy atom. The van der Waals surface area contributed by atoms with E-state index in [0.717, 1.165) is 31.5 Å². The average Bonchev–Trinajstić information content (AvgIpc) is 2.83. The first-order chi connectivity index (χ1) is 9.99. The van der Waals surface area contributed by atoms with Gasteiger partial charge in [0.1, 0.15) is 0 Å². The number of piperazine rings is 1. The molecule has 1 aliphatic rings. The van der Waals surface area contributed by atoms with E-state index in [-0.39, 0.29) is 0 Å². The van der Waals surface area contributed by atoms with Crippen molar-refractivity contribution in [2.45, 2.75) is 59.2 Å². The molecule has 1 aromatic heterocycles. The van der Waals surface area contributed by atoms with Crippen LogP contribution in [0, 0.1) is 11.8 Å². The number of aryl methyl sites for hydroxylation is 1. The Morgan fingerprint density at radius 3 is 2.71 bits per heavy atom. The molecule has 2 heterocycles. The Kier molecular flexibility index (Phi) is 5.82. The molecule has 4 heteroatoms. The van der Waals surface area contributed by atoms with E-state index in [1.807, 2.05) is 17.9 Å². The van der Waals surface area contributed by atoms with Crippen molar-refractivity contribution in [1.29, 1.82) is 0 Å². The molecule has 0 spiro atoms. The van der Waals surface area contributed by atoms with Gasteiger partial charge < -0.3 is 5.32 Å². The Morgan fingerprint density at radius 1 is 1.38 bits per heavy atom. The van der Waals surface area contributed by atoms with Crippen LogP contribution in [0.25, 0.3) is 0 Å². The van der Waals surface area contributed by atoms with E-state index >= 15 is 0 Å². The third-order valence-electron chi connectivity index (χ3n) is 4.73. The zero-order valence-electron chi connectivity index (χ0n) is 14.3. The highest BCUT2D eigenvalue weighted by atomic mass is 15.3. The first-order valence-corrected chi connectivity index (χ1v) is 8.45. The summed E-state index contributed by atoms with van der Waals surface area (Å²) in [4.78, 5) is 2.65. The number of aromatic nitrogens is 2. The van der Waals surface area contributed by atoms with E-state index in [9.17, 15) is 0 Å². The van der Waals surface area contributed by atoms with Crippen LogP contribution < -0.4 is 5.32 Å². The first-order valence-electron chi connectivity index (χ1n) is 8.45. The van der Waals surface area contributed by atoms with Crippen molar-refractivity contribution >= 4 is 0 Å². The first kappa shape index (κ1) is 16.5. The maximum atomic E-state index is 4.56. The van der Waals surface area contributed by atoms with E-state index in [4.69, 9.17) is 0 Å². The number of nitrogens with zero attached hydrogens (tertiary/aromatic N) is 3. The van der Waals surface area contributed by atoms with Crippen molar-refractivity contribution in [2.24, 2.45) is 18.9 Å². The van der Waals surface area contributed by atoms with Crippen LogP contribution in [0.1, 0.15) is 46.2 Å². The monoisotopic (exact) mass is 292 g/mol. The lowest BCUT2D eigenvalue weighted by atomic mass is 9.92. The smallest absolute Gasteiger partial charge is 0.0764 e. The molecule has 120 valence electrons. The van der Waals surface area contributed by atoms with Gasteiger partial charge in [-0.3, -0.25) is 9.58 Å². The van der Waals surface area contributed by atoms with Gasteiger partial charge in [-0.1, -0.05) is 34.1 Å². The largest absolute Gasteiger partial charge is 0.311 e. The fourth-order valence-corrected chi connectivity index (χ4v) is 3.40. The molecule has 2 rings (SSSR count). The van der Waals surface area contributed by atoms with Crippen LogP contribution >= 0.6 is 0 Å². The van der Waals surface area contributed by atoms with Crippen molar-refractivity contribution in [3.63, 3.8) is 0 Å². The normalized spacial score (nSPS) is 25.4. The summed E-state index contributed by atoms with van der Waals surface area (Å²) in [7, 11) is 2.00. The molecule has 0 aromatic carbocycles. The Hall–Kier alpha value is -0.870. The molecule has 3 atom stereocenters. The fourth-order valence-electron chi connectivity index (χ4n) is 3.40. The van der Waals surface area contributed by atoms with Gasteiger partial charge in [0.15, 0.2) is 0 Å². The summed E-state index contributed by atoms with van der Waals surface area (Å²) >= 11 is 0. The van der Waals surface area contributed by atoms with Gasteiger partial charge in [0.2, 0.25) is 0 Å². The maximum Gasteiger partial charge on any atom is 0.0764 e. The van der Waals surface area contributed by atoms with Gasteiger partial charge in [-0.25, -0.2) is 0 Å². The number of hydrogen-bond donors (Lipinski definition) is 1. The van der Waals surface area contributed by atoms with Crippen LogP contribution in [0.5, 0.6) is 0 Å². The van der Waals surface area contributed by atoms with Crippen molar-refractivity contribution in [2.75, 3.05) is 13.1 Å². The summed E-state index contributed by atoms with van der Waals surface area (Å²) in [6.07, 6.45) is 4.53. The van der Waals surface area contributed by atoms with Crippen LogP contribution in [0.2, 0.25) is 0 Å². The van der Waals surface area contributed by atoms with Crippen LogP contribution in [0.4, 0.5) is 0 Å². The standard InChI is InChI=1S/C17H32N4/c1-6-14(4)17-10-18-16(9-13(2)3)12-21(17)11-15-7-8-20(5)19-15/h7-8,13-14,16-18H,6,9-12H2,1-5H3. The molecule has 1 aromatic rings. The van der Waals surface area contributed by atoms with Crippen LogP contribution in [-0.4, -0.2) is 39.9 Å². The van der Waals surface area contributed by atoms with E-state index in [0.29, 0.717) is 12.1 Å². The van der Waals surface area contributed by atoms with E-state index < -0.39 is 0 Å². The van der Waals surface area contributed by atoms with E-state index in [1.165, 1.54) is 18.5 Å². The lowest BCUT2D eigenvalue weighted by Gasteiger charge is -2.43. The molecule has 1 N–H and O–H groups in total. The van der Waals surface area contributed by atoms with Crippen molar-refractivity contribution in [1.82, 2.24) is 20.0 Å². The summed E-state index contributed by atoms with van der Waals surface area (Å²) in [5.41, 5.74) is 1.19. The van der Waals surface area contributed by atoms with Gasteiger partial charge in [0.25, 0.3) is 0 Å². The highest BCUT2D eigenvalue weighted by Gasteiger charge is 2.31. The molecule has 0 amide bonds. The van der Waals surface area contributed by atoms with Gasteiger partial charge in [-0.15, -0.1) is 0 Å². The molecule has 0 aliphatic carbocycles. The Labute approximate surface area is 129 Å². The van der Waals surface area contributed by atoms with Gasteiger partial charge in [-0.05, 0) is 24.3 Å². The molecular formula is C17H32N4. The number of nitrogens with one attached hydrogen (secondary N) is 1. The summed E-state index contributed by atoms with van der Waals surface area (Å²) in [5, 5.41) is 8.33. The molecule has 0 saturated carbocycles. The van der Waals surface area contributed by atoms with E-state index in [2.05, 4.69) is 49.1 Å². The van der Waals surface area contributed by atoms with Crippen LogP contribution in [-0.2, 0) is 13.6 Å². The van der Waals surface area contributed by atoms with Crippen molar-refractivity contribution in [3.05, 3.63) is 18.0 Å². The predicted molar refractivity (Wildman–Crippen MR) is 88.1 cm³/mol. The molecule has 0 radical (unpaired) electrons. The summed E-state index contributed by atoms with van der Waals surface area (Å²) in [6.45, 7) is 12.5. The minimum atomic E-state index is 0.619. The summed E-state index contributed by atoms with van der Waals surface area (Å²) in [6, 6.07) is 3.39. The molecule has 3 unspecified atom stereocenters. The minimum absolute atomic E-state index is 0.619. The Balaban J connectivity index is 2.04.